The van der Waals surface area contributed by atoms with Gasteiger partial charge in [0, 0.05) is 18.2 Å². The van der Waals surface area contributed by atoms with Gasteiger partial charge in [0.1, 0.15) is 17.9 Å². The predicted octanol–water partition coefficient (Wildman–Crippen LogP) is 6.04. The normalized spacial score (nSPS) is 20.5. The minimum absolute atomic E-state index is 0.0496. The van der Waals surface area contributed by atoms with E-state index in [4.69, 9.17) is 0 Å². The minimum Gasteiger partial charge on any atom is -0.406 e. The zero-order chi connectivity index (χ0) is 22.8. The quantitative estimate of drug-likeness (QED) is 0.412. The topological polar surface area (TPSA) is 29.5 Å². The third-order valence-electron chi connectivity index (χ3n) is 5.17. The number of nitrogens with zero attached hydrogens (tertiary/aromatic N) is 1. The number of carbonyl (C=O) groups excluding carboxylic acids is 1. The molecule has 1 heterocycles. The van der Waals surface area contributed by atoms with Crippen molar-refractivity contribution in [3.63, 3.8) is 0 Å². The first-order valence-electron chi connectivity index (χ1n) is 9.41. The van der Waals surface area contributed by atoms with E-state index in [1.807, 2.05) is 0 Å². The van der Waals surface area contributed by atoms with Crippen molar-refractivity contribution in [2.75, 3.05) is 0 Å². The fourth-order valence-electron chi connectivity index (χ4n) is 3.90. The summed E-state index contributed by atoms with van der Waals surface area (Å²) in [4.78, 5) is 13.1. The van der Waals surface area contributed by atoms with Crippen molar-refractivity contribution in [3.05, 3.63) is 65.0 Å². The van der Waals surface area contributed by atoms with E-state index in [9.17, 15) is 35.5 Å². The summed E-state index contributed by atoms with van der Waals surface area (Å²) in [5.41, 5.74) is -1.19. The molecule has 1 fully saturated rings. The molecule has 0 aromatic heterocycles. The van der Waals surface area contributed by atoms with Gasteiger partial charge < -0.3 is 9.53 Å². The molecule has 168 valence electrons. The summed E-state index contributed by atoms with van der Waals surface area (Å²) in [5, 5.41) is 0. The van der Waals surface area contributed by atoms with E-state index in [-0.39, 0.29) is 13.0 Å². The zero-order valence-corrected chi connectivity index (χ0v) is 16.0. The maximum Gasteiger partial charge on any atom is 0.573 e. The number of hydrogen-bond acceptors (Lipinski definition) is 3. The van der Waals surface area contributed by atoms with Crippen molar-refractivity contribution >= 4 is 6.29 Å². The molecule has 0 N–H and O–H groups in total. The number of hydrogen-bond donors (Lipinski definition) is 0. The molecule has 1 aliphatic heterocycles. The average molecular weight is 449 g/mol. The highest BCUT2D eigenvalue weighted by atomic mass is 19.4. The lowest BCUT2D eigenvalue weighted by molar-refractivity contribution is -0.274. The van der Waals surface area contributed by atoms with Crippen LogP contribution in [0.15, 0.2) is 42.5 Å². The molecular weight excluding hydrogens is 431 g/mol. The van der Waals surface area contributed by atoms with E-state index < -0.39 is 47.3 Å². The van der Waals surface area contributed by atoms with Crippen LogP contribution in [-0.4, -0.2) is 23.6 Å². The minimum atomic E-state index is -4.86. The predicted molar refractivity (Wildman–Crippen MR) is 96.5 cm³/mol. The summed E-state index contributed by atoms with van der Waals surface area (Å²) in [5.74, 6) is -1.47. The van der Waals surface area contributed by atoms with Crippen LogP contribution in [0.2, 0.25) is 0 Å². The Morgan fingerprint density at radius 1 is 1.00 bits per heavy atom. The van der Waals surface area contributed by atoms with Gasteiger partial charge in [-0.25, -0.2) is 4.39 Å². The van der Waals surface area contributed by atoms with Gasteiger partial charge >= 0.3 is 12.5 Å². The number of halogens is 7. The van der Waals surface area contributed by atoms with Gasteiger partial charge in [-0.1, -0.05) is 18.2 Å². The van der Waals surface area contributed by atoms with Crippen molar-refractivity contribution in [2.24, 2.45) is 0 Å². The highest BCUT2D eigenvalue weighted by molar-refractivity contribution is 5.58. The molecule has 1 aliphatic rings. The molecule has 0 saturated carbocycles. The molecule has 2 unspecified atom stereocenters. The molecule has 1 saturated heterocycles. The van der Waals surface area contributed by atoms with Crippen molar-refractivity contribution in [2.45, 2.75) is 50.4 Å². The molecule has 0 aliphatic carbocycles. The second-order valence-electron chi connectivity index (χ2n) is 7.21. The molecule has 0 amide bonds. The van der Waals surface area contributed by atoms with E-state index in [1.54, 1.807) is 0 Å². The van der Waals surface area contributed by atoms with Crippen LogP contribution in [0, 0.1) is 5.82 Å². The Kier molecular flexibility index (Phi) is 6.59. The Labute approximate surface area is 173 Å². The monoisotopic (exact) mass is 449 g/mol. The number of rotatable bonds is 5. The molecule has 0 bridgehead atoms. The Morgan fingerprint density at radius 3 is 2.26 bits per heavy atom. The van der Waals surface area contributed by atoms with Crippen molar-refractivity contribution < 1.29 is 40.3 Å². The first kappa shape index (κ1) is 23.1. The number of ether oxygens (including phenoxy) is 1. The van der Waals surface area contributed by atoms with E-state index in [1.165, 1.54) is 17.0 Å². The third kappa shape index (κ3) is 5.55. The lowest BCUT2D eigenvalue weighted by atomic mass is 9.87. The van der Waals surface area contributed by atoms with Gasteiger partial charge in [-0.05, 0) is 49.1 Å². The SMILES string of the molecule is O=CC1CCCC(c2c(F)cccc2C(F)(F)F)N1Cc1ccc(OC(F)(F)F)cc1. The van der Waals surface area contributed by atoms with E-state index in [0.29, 0.717) is 24.7 Å². The zero-order valence-electron chi connectivity index (χ0n) is 16.0. The standard InChI is InChI=1S/C21H18F7NO2/c22-17-5-2-4-16(20(23,24)25)19(17)18-6-1-3-14(12-30)29(18)11-13-7-9-15(10-8-13)31-21(26,27)28/h2,4-5,7-10,12,14,18H,1,3,6,11H2. The summed E-state index contributed by atoms with van der Waals surface area (Å²) in [6.45, 7) is -0.0496. The number of piperidine rings is 1. The molecule has 0 radical (unpaired) electrons. The van der Waals surface area contributed by atoms with Gasteiger partial charge in [0.25, 0.3) is 0 Å². The Morgan fingerprint density at radius 2 is 1.68 bits per heavy atom. The van der Waals surface area contributed by atoms with Crippen LogP contribution in [0.5, 0.6) is 5.75 Å². The van der Waals surface area contributed by atoms with Crippen molar-refractivity contribution in [3.8, 4) is 5.75 Å². The van der Waals surface area contributed by atoms with Gasteiger partial charge in [-0.2, -0.15) is 13.2 Å². The van der Waals surface area contributed by atoms with Gasteiger partial charge in [-0.3, -0.25) is 4.90 Å². The van der Waals surface area contributed by atoms with Crippen molar-refractivity contribution in [1.29, 1.82) is 0 Å². The molecule has 2 atom stereocenters. The fraction of sp³-hybridized carbons (Fsp3) is 0.381. The van der Waals surface area contributed by atoms with Crippen LogP contribution in [0.4, 0.5) is 30.7 Å². The second-order valence-corrected chi connectivity index (χ2v) is 7.21. The van der Waals surface area contributed by atoms with Crippen LogP contribution in [0.1, 0.15) is 42.0 Å². The first-order chi connectivity index (χ1) is 14.5. The lowest BCUT2D eigenvalue weighted by Gasteiger charge is -2.41. The van der Waals surface area contributed by atoms with Crippen LogP contribution in [0.25, 0.3) is 0 Å². The fourth-order valence-corrected chi connectivity index (χ4v) is 3.90. The number of benzene rings is 2. The van der Waals surface area contributed by atoms with Crippen LogP contribution >= 0.6 is 0 Å². The molecule has 3 rings (SSSR count). The van der Waals surface area contributed by atoms with Gasteiger partial charge in [-0.15, -0.1) is 13.2 Å². The summed E-state index contributed by atoms with van der Waals surface area (Å²) < 4.78 is 96.0. The number of alkyl halides is 6. The smallest absolute Gasteiger partial charge is 0.406 e. The maximum atomic E-state index is 14.6. The van der Waals surface area contributed by atoms with Crippen LogP contribution in [-0.2, 0) is 17.5 Å². The Hall–Kier alpha value is -2.62. The molecule has 10 heteroatoms. The van der Waals surface area contributed by atoms with E-state index >= 15 is 0 Å². The van der Waals surface area contributed by atoms with E-state index in [0.717, 1.165) is 30.3 Å². The summed E-state index contributed by atoms with van der Waals surface area (Å²) in [6.07, 6.45) is -8.04. The highest BCUT2D eigenvalue weighted by Gasteiger charge is 2.41. The highest BCUT2D eigenvalue weighted by Crippen LogP contribution is 2.42. The Bertz CT molecular complexity index is 909. The van der Waals surface area contributed by atoms with Crippen LogP contribution < -0.4 is 4.74 Å². The summed E-state index contributed by atoms with van der Waals surface area (Å²) in [7, 11) is 0. The number of aldehydes is 1. The van der Waals surface area contributed by atoms with Gasteiger partial charge in [0.2, 0.25) is 0 Å². The average Bonchev–Trinajstić information content (AvgIpc) is 2.68. The molecule has 0 spiro atoms. The largest absolute Gasteiger partial charge is 0.573 e. The van der Waals surface area contributed by atoms with Gasteiger partial charge in [0.15, 0.2) is 0 Å². The van der Waals surface area contributed by atoms with Gasteiger partial charge in [0.05, 0.1) is 11.6 Å². The maximum absolute atomic E-state index is 14.6. The molecule has 2 aromatic rings. The van der Waals surface area contributed by atoms with E-state index in [2.05, 4.69) is 4.74 Å². The number of carbonyl (C=O) groups is 1. The second kappa shape index (κ2) is 8.86. The van der Waals surface area contributed by atoms with Crippen molar-refractivity contribution in [1.82, 2.24) is 4.90 Å². The number of likely N-dealkylation sites (tertiary alicyclic amines) is 1. The molecular formula is C21H18F7NO2. The third-order valence-corrected chi connectivity index (χ3v) is 5.17. The Balaban J connectivity index is 1.94. The summed E-state index contributed by atoms with van der Waals surface area (Å²) in [6, 6.07) is 5.72. The summed E-state index contributed by atoms with van der Waals surface area (Å²) >= 11 is 0. The molecule has 2 aromatic carbocycles. The van der Waals surface area contributed by atoms with Crippen LogP contribution in [0.3, 0.4) is 0 Å². The first-order valence-corrected chi connectivity index (χ1v) is 9.41. The molecule has 31 heavy (non-hydrogen) atoms. The lowest BCUT2D eigenvalue weighted by Crippen LogP contribution is -2.43. The molecule has 3 nitrogen and oxygen atoms in total.